The summed E-state index contributed by atoms with van der Waals surface area (Å²) in [4.78, 5) is 18.9. The molecule has 0 spiro atoms. The van der Waals surface area contributed by atoms with Crippen molar-refractivity contribution in [1.29, 1.82) is 0 Å². The monoisotopic (exact) mass is 464 g/mol. The number of halogens is 2. The van der Waals surface area contributed by atoms with Gasteiger partial charge in [0.15, 0.2) is 5.65 Å². The molecular formula is C22H30Cl2N6O. The van der Waals surface area contributed by atoms with Crippen molar-refractivity contribution >= 4 is 42.2 Å². The Morgan fingerprint density at radius 1 is 1.19 bits per heavy atom. The number of imidazole rings is 1. The van der Waals surface area contributed by atoms with Gasteiger partial charge in [-0.25, -0.2) is 9.50 Å². The van der Waals surface area contributed by atoms with E-state index in [1.54, 1.807) is 0 Å². The first kappa shape index (κ1) is 24.9. The van der Waals surface area contributed by atoms with Crippen LogP contribution in [0, 0.1) is 12.8 Å². The zero-order chi connectivity index (χ0) is 20.4. The number of benzene rings is 1. The summed E-state index contributed by atoms with van der Waals surface area (Å²) < 4.78 is 1.87. The van der Waals surface area contributed by atoms with E-state index >= 15 is 0 Å². The van der Waals surface area contributed by atoms with Crippen LogP contribution in [-0.4, -0.2) is 59.1 Å². The van der Waals surface area contributed by atoms with Crippen molar-refractivity contribution in [2.45, 2.75) is 19.8 Å². The lowest BCUT2D eigenvalue weighted by atomic mass is 10.0. The van der Waals surface area contributed by atoms with Crippen molar-refractivity contribution < 1.29 is 4.79 Å². The Balaban J connectivity index is 0.00000171. The van der Waals surface area contributed by atoms with Crippen LogP contribution in [0.4, 0.5) is 5.82 Å². The molecule has 2 N–H and O–H groups in total. The van der Waals surface area contributed by atoms with Gasteiger partial charge in [-0.1, -0.05) is 6.07 Å². The lowest BCUT2D eigenvalue weighted by Crippen LogP contribution is -2.31. The molecule has 0 radical (unpaired) electrons. The van der Waals surface area contributed by atoms with Gasteiger partial charge < -0.3 is 15.5 Å². The van der Waals surface area contributed by atoms with Gasteiger partial charge in [0.2, 0.25) is 0 Å². The third-order valence-corrected chi connectivity index (χ3v) is 5.24. The molecule has 1 aromatic carbocycles. The Kier molecular flexibility index (Phi) is 8.68. The number of aromatic nitrogens is 3. The summed E-state index contributed by atoms with van der Waals surface area (Å²) in [6.45, 7) is 4.42. The molecule has 0 unspecified atom stereocenters. The van der Waals surface area contributed by atoms with Crippen LogP contribution in [-0.2, 0) is 0 Å². The lowest BCUT2D eigenvalue weighted by Gasteiger charge is -2.12. The quantitative estimate of drug-likeness (QED) is 0.531. The van der Waals surface area contributed by atoms with Gasteiger partial charge in [-0.05, 0) is 69.6 Å². The summed E-state index contributed by atoms with van der Waals surface area (Å²) in [5.74, 6) is 1.59. The molecule has 2 heterocycles. The number of carbonyl (C=O) groups excluding carboxylic acids is 1. The number of hydrogen-bond donors (Lipinski definition) is 2. The Morgan fingerprint density at radius 2 is 1.97 bits per heavy atom. The molecule has 168 valence electrons. The number of nitrogens with one attached hydrogen (secondary N) is 2. The van der Waals surface area contributed by atoms with Crippen LogP contribution < -0.4 is 10.6 Å². The standard InChI is InChI=1S/C22H28N6O.2ClH/c1-15-12-17(22(29)23-10-11-27(2)3)6-7-18(15)19-14-25-21-9-8-20(26-28(19)21)24-13-16-4-5-16;;/h6-9,12,14,16H,4-5,10-11,13H2,1-3H3,(H,23,29)(H,24,26);2*1H. The number of nitrogens with zero attached hydrogens (tertiary/aromatic N) is 4. The summed E-state index contributed by atoms with van der Waals surface area (Å²) >= 11 is 0. The molecule has 1 amide bonds. The first-order chi connectivity index (χ1) is 14.0. The zero-order valence-electron chi connectivity index (χ0n) is 18.1. The van der Waals surface area contributed by atoms with E-state index in [9.17, 15) is 4.79 Å². The van der Waals surface area contributed by atoms with E-state index in [0.717, 1.165) is 47.3 Å². The maximum absolute atomic E-state index is 12.4. The molecule has 0 saturated heterocycles. The highest BCUT2D eigenvalue weighted by Crippen LogP contribution is 2.29. The third-order valence-electron chi connectivity index (χ3n) is 5.24. The fourth-order valence-corrected chi connectivity index (χ4v) is 3.31. The molecule has 2 aromatic heterocycles. The topological polar surface area (TPSA) is 74.6 Å². The maximum Gasteiger partial charge on any atom is 0.251 e. The minimum Gasteiger partial charge on any atom is -0.368 e. The molecule has 31 heavy (non-hydrogen) atoms. The number of aryl methyl sites for hydroxylation is 1. The van der Waals surface area contributed by atoms with E-state index in [0.29, 0.717) is 12.1 Å². The highest BCUT2D eigenvalue weighted by molar-refractivity contribution is 5.95. The van der Waals surface area contributed by atoms with Gasteiger partial charge in [-0.2, -0.15) is 0 Å². The molecular weight excluding hydrogens is 435 g/mol. The second-order valence-corrected chi connectivity index (χ2v) is 8.05. The van der Waals surface area contributed by atoms with E-state index in [1.165, 1.54) is 12.8 Å². The van der Waals surface area contributed by atoms with Gasteiger partial charge in [0, 0.05) is 30.8 Å². The molecule has 1 aliphatic rings. The molecule has 1 saturated carbocycles. The predicted octanol–water partition coefficient (Wildman–Crippen LogP) is 3.66. The Bertz CT molecular complexity index is 1030. The van der Waals surface area contributed by atoms with Crippen LogP contribution in [0.2, 0.25) is 0 Å². The van der Waals surface area contributed by atoms with E-state index in [2.05, 4.69) is 15.6 Å². The van der Waals surface area contributed by atoms with Gasteiger partial charge in [-0.15, -0.1) is 29.9 Å². The predicted molar refractivity (Wildman–Crippen MR) is 130 cm³/mol. The molecule has 7 nitrogen and oxygen atoms in total. The average molecular weight is 465 g/mol. The van der Waals surface area contributed by atoms with Crippen LogP contribution in [0.25, 0.3) is 16.9 Å². The van der Waals surface area contributed by atoms with E-state index < -0.39 is 0 Å². The maximum atomic E-state index is 12.4. The number of fused-ring (bicyclic) bond motifs is 1. The fraction of sp³-hybridized carbons (Fsp3) is 0.409. The number of rotatable bonds is 8. The van der Waals surface area contributed by atoms with E-state index in [4.69, 9.17) is 5.10 Å². The van der Waals surface area contributed by atoms with Crippen molar-refractivity contribution in [3.05, 3.63) is 47.7 Å². The van der Waals surface area contributed by atoms with Crippen molar-refractivity contribution in [2.24, 2.45) is 5.92 Å². The van der Waals surface area contributed by atoms with Gasteiger partial charge >= 0.3 is 0 Å². The molecule has 0 aliphatic heterocycles. The average Bonchev–Trinajstić information content (AvgIpc) is 3.44. The fourth-order valence-electron chi connectivity index (χ4n) is 3.31. The summed E-state index contributed by atoms with van der Waals surface area (Å²) in [7, 11) is 3.98. The van der Waals surface area contributed by atoms with Gasteiger partial charge in [0.25, 0.3) is 5.91 Å². The van der Waals surface area contributed by atoms with Crippen molar-refractivity contribution in [3.8, 4) is 11.3 Å². The minimum atomic E-state index is -0.0515. The van der Waals surface area contributed by atoms with Crippen LogP contribution in [0.5, 0.6) is 0 Å². The summed E-state index contributed by atoms with van der Waals surface area (Å²) in [5.41, 5.74) is 4.44. The number of hydrogen-bond acceptors (Lipinski definition) is 5. The number of likely N-dealkylation sites (N-methyl/N-ethyl adjacent to an activating group) is 1. The highest BCUT2D eigenvalue weighted by atomic mass is 35.5. The molecule has 0 atom stereocenters. The zero-order valence-corrected chi connectivity index (χ0v) is 19.7. The van der Waals surface area contributed by atoms with Crippen LogP contribution >= 0.6 is 24.8 Å². The van der Waals surface area contributed by atoms with Crippen LogP contribution in [0.3, 0.4) is 0 Å². The molecule has 1 aliphatic carbocycles. The lowest BCUT2D eigenvalue weighted by molar-refractivity contribution is 0.0951. The minimum absolute atomic E-state index is 0. The van der Waals surface area contributed by atoms with Gasteiger partial charge in [-0.3, -0.25) is 4.79 Å². The summed E-state index contributed by atoms with van der Waals surface area (Å²) in [5, 5.41) is 11.1. The van der Waals surface area contributed by atoms with Crippen molar-refractivity contribution in [3.63, 3.8) is 0 Å². The molecule has 9 heteroatoms. The van der Waals surface area contributed by atoms with Crippen molar-refractivity contribution in [2.75, 3.05) is 39.0 Å². The Labute approximate surface area is 195 Å². The van der Waals surface area contributed by atoms with Crippen molar-refractivity contribution in [1.82, 2.24) is 24.8 Å². The van der Waals surface area contributed by atoms with Gasteiger partial charge in [0.1, 0.15) is 5.82 Å². The highest BCUT2D eigenvalue weighted by Gasteiger charge is 2.21. The largest absolute Gasteiger partial charge is 0.368 e. The molecule has 3 aromatic rings. The number of amides is 1. The SMILES string of the molecule is Cc1cc(C(=O)NCCN(C)C)ccc1-c1cnc2ccc(NCC3CC3)nn12.Cl.Cl. The second-order valence-electron chi connectivity index (χ2n) is 8.05. The first-order valence-electron chi connectivity index (χ1n) is 10.1. The Hall–Kier alpha value is -2.35. The smallest absolute Gasteiger partial charge is 0.251 e. The normalized spacial score (nSPS) is 12.9. The summed E-state index contributed by atoms with van der Waals surface area (Å²) in [6, 6.07) is 9.72. The van der Waals surface area contributed by atoms with Crippen LogP contribution in [0.1, 0.15) is 28.8 Å². The first-order valence-corrected chi connectivity index (χ1v) is 10.1. The van der Waals surface area contributed by atoms with Crippen LogP contribution in [0.15, 0.2) is 36.5 Å². The van der Waals surface area contributed by atoms with E-state index in [-0.39, 0.29) is 30.7 Å². The molecule has 0 bridgehead atoms. The second kappa shape index (κ2) is 10.8. The third kappa shape index (κ3) is 6.09. The number of carbonyl (C=O) groups is 1. The summed E-state index contributed by atoms with van der Waals surface area (Å²) in [6.07, 6.45) is 4.45. The Morgan fingerprint density at radius 3 is 2.65 bits per heavy atom. The molecule has 4 rings (SSSR count). The molecule has 1 fully saturated rings. The van der Waals surface area contributed by atoms with Gasteiger partial charge in [0.05, 0.1) is 11.9 Å². The van der Waals surface area contributed by atoms with E-state index in [1.807, 2.05) is 67.0 Å². The number of anilines is 1.